The zero-order valence-electron chi connectivity index (χ0n) is 27.1. The standard InChI is InChI=1S/C36H36BrN5O7/c1-18(2)27-33-41-29(32(45)38-19(3)16-43)30(49-33)36-22-10-7-11-24(37)28(22)42-34(36)48-26-13-12-21(14-23(26)36)15-25(31(44)40-27)39-35(46)47-17-20-8-5-4-6-9-20/h4-14,18-19,25,27,34,42-43H,15-17H2,1-3H3,(H,38,45)(H,39,46)(H,40,44)/t19-,25-,27-,34?,36?/m0/s1. The van der Waals surface area contributed by atoms with E-state index in [4.69, 9.17) is 18.9 Å². The maximum Gasteiger partial charge on any atom is 0.408 e. The number of ether oxygens (including phenoxy) is 2. The molecule has 0 fully saturated rings. The van der Waals surface area contributed by atoms with Crippen LogP contribution in [0.4, 0.5) is 10.5 Å². The van der Waals surface area contributed by atoms with Crippen molar-refractivity contribution in [2.75, 3.05) is 11.9 Å². The SMILES string of the molecule is CC(C)[C@@H]1NC(=O)[C@@H](NC(=O)OCc2ccccc2)Cc2ccc3c(c2)C2(c4cccc(Br)c4NC2O3)c2oc1nc2C(=O)N[C@@H](C)CO. The van der Waals surface area contributed by atoms with Gasteiger partial charge in [0.15, 0.2) is 17.7 Å². The first-order valence-corrected chi connectivity index (χ1v) is 17.0. The number of aliphatic hydroxyl groups excluding tert-OH is 1. The number of oxazole rings is 1. The summed E-state index contributed by atoms with van der Waals surface area (Å²) >= 11 is 3.67. The molecule has 13 heteroatoms. The topological polar surface area (TPSA) is 164 Å². The summed E-state index contributed by atoms with van der Waals surface area (Å²) in [4.78, 5) is 45.8. The number of nitrogens with zero attached hydrogens (tertiary/aromatic N) is 1. The molecule has 0 saturated heterocycles. The molecule has 3 aromatic carbocycles. The number of nitrogens with one attached hydrogen (secondary N) is 4. The second-order valence-electron chi connectivity index (χ2n) is 12.9. The normalized spacial score (nSPS) is 22.3. The molecular formula is C36H36BrN5O7. The molecule has 1 spiro atoms. The number of carbonyl (C=O) groups is 3. The number of aromatic nitrogens is 1. The van der Waals surface area contributed by atoms with Crippen molar-refractivity contribution >= 4 is 39.5 Å². The van der Waals surface area contributed by atoms with Gasteiger partial charge in [-0.15, -0.1) is 0 Å². The number of aliphatic hydroxyl groups is 1. The van der Waals surface area contributed by atoms with E-state index < -0.39 is 47.7 Å². The Balaban J connectivity index is 1.38. The lowest BCUT2D eigenvalue weighted by Gasteiger charge is -2.29. The van der Waals surface area contributed by atoms with Crippen LogP contribution in [0, 0.1) is 5.92 Å². The Hall–Kier alpha value is -4.88. The van der Waals surface area contributed by atoms with E-state index in [1.165, 1.54) is 0 Å². The van der Waals surface area contributed by atoms with Gasteiger partial charge in [-0.3, -0.25) is 9.59 Å². The summed E-state index contributed by atoms with van der Waals surface area (Å²) in [5.41, 5.74) is 2.66. The highest BCUT2D eigenvalue weighted by atomic mass is 79.9. The molecule has 5 N–H and O–H groups in total. The molecule has 3 aliphatic rings. The van der Waals surface area contributed by atoms with E-state index in [0.29, 0.717) is 11.3 Å². The Morgan fingerprint density at radius 2 is 1.88 bits per heavy atom. The molecule has 0 radical (unpaired) electrons. The van der Waals surface area contributed by atoms with Gasteiger partial charge in [0.2, 0.25) is 11.8 Å². The first-order chi connectivity index (χ1) is 23.6. The number of rotatable bonds is 7. The van der Waals surface area contributed by atoms with E-state index in [-0.39, 0.29) is 42.9 Å². The summed E-state index contributed by atoms with van der Waals surface area (Å²) < 4.78 is 19.5. The number of alkyl carbamates (subject to hydrolysis) is 1. The lowest BCUT2D eigenvalue weighted by molar-refractivity contribution is -0.124. The Kier molecular flexibility index (Phi) is 8.57. The minimum absolute atomic E-state index is 0.00934. The summed E-state index contributed by atoms with van der Waals surface area (Å²) in [5, 5.41) is 21.8. The minimum Gasteiger partial charge on any atom is -0.469 e. The lowest BCUT2D eigenvalue weighted by atomic mass is 9.72. The van der Waals surface area contributed by atoms with Crippen LogP contribution in [0.3, 0.4) is 0 Å². The van der Waals surface area contributed by atoms with Crippen molar-refractivity contribution in [2.24, 2.45) is 5.92 Å². The molecule has 254 valence electrons. The summed E-state index contributed by atoms with van der Waals surface area (Å²) in [5.74, 6) is -0.328. The second-order valence-corrected chi connectivity index (χ2v) is 13.8. The van der Waals surface area contributed by atoms with Gasteiger partial charge in [0.1, 0.15) is 29.9 Å². The van der Waals surface area contributed by atoms with Crippen molar-refractivity contribution in [3.05, 3.63) is 111 Å². The number of fused-ring (bicyclic) bond motifs is 4. The van der Waals surface area contributed by atoms with Gasteiger partial charge in [0.05, 0.1) is 12.3 Å². The minimum atomic E-state index is -1.17. The highest BCUT2D eigenvalue weighted by Gasteiger charge is 2.61. The molecule has 3 amide bonds. The average Bonchev–Trinajstić information content (AvgIpc) is 3.76. The molecule has 1 aromatic heterocycles. The largest absolute Gasteiger partial charge is 0.469 e. The maximum atomic E-state index is 14.0. The van der Waals surface area contributed by atoms with Gasteiger partial charge < -0.3 is 40.3 Å². The van der Waals surface area contributed by atoms with Crippen LogP contribution in [0.25, 0.3) is 0 Å². The third-order valence-electron chi connectivity index (χ3n) is 9.18. The van der Waals surface area contributed by atoms with Gasteiger partial charge in [-0.05, 0) is 52.0 Å². The summed E-state index contributed by atoms with van der Waals surface area (Å²) in [7, 11) is 0. The molecule has 2 unspecified atom stereocenters. The molecule has 7 rings (SSSR count). The highest BCUT2D eigenvalue weighted by molar-refractivity contribution is 9.10. The predicted molar refractivity (Wildman–Crippen MR) is 182 cm³/mol. The monoisotopic (exact) mass is 729 g/mol. The van der Waals surface area contributed by atoms with Crippen LogP contribution >= 0.6 is 15.9 Å². The van der Waals surface area contributed by atoms with Gasteiger partial charge in [-0.1, -0.05) is 68.4 Å². The predicted octanol–water partition coefficient (Wildman–Crippen LogP) is 4.69. The van der Waals surface area contributed by atoms with Gasteiger partial charge >= 0.3 is 6.09 Å². The molecule has 49 heavy (non-hydrogen) atoms. The van der Waals surface area contributed by atoms with E-state index in [0.717, 1.165) is 26.9 Å². The van der Waals surface area contributed by atoms with E-state index in [9.17, 15) is 19.5 Å². The van der Waals surface area contributed by atoms with Crippen molar-refractivity contribution in [1.82, 2.24) is 20.9 Å². The molecule has 4 bridgehead atoms. The Labute approximate surface area is 291 Å². The molecular weight excluding hydrogens is 694 g/mol. The maximum absolute atomic E-state index is 14.0. The number of benzene rings is 3. The number of anilines is 1. The fourth-order valence-electron chi connectivity index (χ4n) is 6.74. The van der Waals surface area contributed by atoms with Crippen molar-refractivity contribution in [1.29, 1.82) is 0 Å². The molecule has 12 nitrogen and oxygen atoms in total. The van der Waals surface area contributed by atoms with E-state index in [1.807, 2.05) is 80.6 Å². The Morgan fingerprint density at radius 3 is 2.63 bits per heavy atom. The molecule has 4 aromatic rings. The molecule has 0 aliphatic carbocycles. The van der Waals surface area contributed by atoms with Crippen LogP contribution in [0.15, 0.2) is 75.6 Å². The third-order valence-corrected chi connectivity index (χ3v) is 9.84. The van der Waals surface area contributed by atoms with Crippen LogP contribution in [0.5, 0.6) is 5.75 Å². The van der Waals surface area contributed by atoms with Crippen molar-refractivity contribution in [3.63, 3.8) is 0 Å². The number of amides is 3. The third kappa shape index (κ3) is 5.70. The number of carbonyl (C=O) groups excluding carboxylic acids is 3. The number of hydrogen-bond acceptors (Lipinski definition) is 9. The first-order valence-electron chi connectivity index (χ1n) is 16.2. The van der Waals surface area contributed by atoms with Crippen molar-refractivity contribution in [2.45, 2.75) is 63.6 Å². The summed E-state index contributed by atoms with van der Waals surface area (Å²) in [6.45, 7) is 5.24. The lowest BCUT2D eigenvalue weighted by Crippen LogP contribution is -2.49. The van der Waals surface area contributed by atoms with Gasteiger partial charge in [0, 0.05) is 28.1 Å². The number of para-hydroxylation sites is 1. The van der Waals surface area contributed by atoms with Gasteiger partial charge in [-0.25, -0.2) is 9.78 Å². The molecule has 5 atom stereocenters. The van der Waals surface area contributed by atoms with Crippen LogP contribution in [0.1, 0.15) is 71.2 Å². The fourth-order valence-corrected chi connectivity index (χ4v) is 7.22. The van der Waals surface area contributed by atoms with Crippen LogP contribution in [0.2, 0.25) is 0 Å². The zero-order chi connectivity index (χ0) is 34.4. The molecule has 0 saturated carbocycles. The van der Waals surface area contributed by atoms with E-state index >= 15 is 0 Å². The summed E-state index contributed by atoms with van der Waals surface area (Å²) in [6, 6.07) is 18.3. The van der Waals surface area contributed by atoms with Crippen LogP contribution < -0.4 is 26.0 Å². The van der Waals surface area contributed by atoms with Gasteiger partial charge in [-0.2, -0.15) is 0 Å². The average molecular weight is 731 g/mol. The number of halogens is 1. The van der Waals surface area contributed by atoms with Crippen molar-refractivity contribution in [3.8, 4) is 5.75 Å². The van der Waals surface area contributed by atoms with Crippen LogP contribution in [-0.4, -0.2) is 52.9 Å². The van der Waals surface area contributed by atoms with E-state index in [1.54, 1.807) is 6.92 Å². The Morgan fingerprint density at radius 1 is 1.08 bits per heavy atom. The smallest absolute Gasteiger partial charge is 0.408 e. The first kappa shape index (κ1) is 32.7. The highest BCUT2D eigenvalue weighted by Crippen LogP contribution is 2.59. The Bertz CT molecular complexity index is 1930. The van der Waals surface area contributed by atoms with E-state index in [2.05, 4.69) is 37.2 Å². The summed E-state index contributed by atoms with van der Waals surface area (Å²) in [6.07, 6.45) is -1.32. The number of hydrogen-bond donors (Lipinski definition) is 5. The van der Waals surface area contributed by atoms with Crippen LogP contribution in [-0.2, 0) is 28.0 Å². The second kappa shape index (κ2) is 12.9. The van der Waals surface area contributed by atoms with Gasteiger partial charge in [0.25, 0.3) is 5.91 Å². The fraction of sp³-hybridized carbons (Fsp3) is 0.333. The quantitative estimate of drug-likeness (QED) is 0.182. The molecule has 3 aliphatic heterocycles. The zero-order valence-corrected chi connectivity index (χ0v) is 28.7. The van der Waals surface area contributed by atoms with Crippen molar-refractivity contribution < 1.29 is 33.4 Å². The molecule has 4 heterocycles.